The Kier molecular flexibility index (Phi) is 6.90. The van der Waals surface area contributed by atoms with Crippen molar-refractivity contribution >= 4 is 43.5 Å². The first-order chi connectivity index (χ1) is 29.7. The van der Waals surface area contributed by atoms with Crippen LogP contribution in [0.25, 0.3) is 88.4 Å². The van der Waals surface area contributed by atoms with Crippen LogP contribution < -0.4 is 4.74 Å². The number of aromatic nitrogens is 3. The lowest BCUT2D eigenvalue weighted by atomic mass is 9.65. The Morgan fingerprint density at radius 3 is 1.62 bits per heavy atom. The third-order valence-electron chi connectivity index (χ3n) is 12.7. The lowest BCUT2D eigenvalue weighted by Crippen LogP contribution is -2.32. The number of rotatable bonds is 3. The Balaban J connectivity index is 1.08. The van der Waals surface area contributed by atoms with Crippen LogP contribution in [-0.2, 0) is 5.41 Å². The van der Waals surface area contributed by atoms with E-state index in [1.807, 2.05) is 18.2 Å². The van der Waals surface area contributed by atoms with E-state index in [9.17, 15) is 0 Å². The number of hydrogen-bond acceptors (Lipinski definition) is 4. The maximum absolute atomic E-state index is 7.20. The summed E-state index contributed by atoms with van der Waals surface area (Å²) in [4.78, 5) is 16.0. The quantitative estimate of drug-likeness (QED) is 0.168. The van der Waals surface area contributed by atoms with Crippen molar-refractivity contribution in [1.82, 2.24) is 15.0 Å². The van der Waals surface area contributed by atoms with Gasteiger partial charge in [-0.25, -0.2) is 15.0 Å². The number of fused-ring (bicyclic) bond motifs is 16. The highest BCUT2D eigenvalue weighted by molar-refractivity contribution is 6.16. The van der Waals surface area contributed by atoms with Gasteiger partial charge in [-0.1, -0.05) is 176 Å². The van der Waals surface area contributed by atoms with Crippen LogP contribution in [0.4, 0.5) is 0 Å². The first kappa shape index (κ1) is 33.1. The lowest BCUT2D eigenvalue weighted by Gasteiger charge is -2.40. The number of para-hydroxylation sites is 1. The van der Waals surface area contributed by atoms with Gasteiger partial charge in [-0.15, -0.1) is 0 Å². The van der Waals surface area contributed by atoms with Crippen LogP contribution in [0.15, 0.2) is 200 Å². The van der Waals surface area contributed by atoms with Crippen molar-refractivity contribution in [3.63, 3.8) is 0 Å². The van der Waals surface area contributed by atoms with Crippen molar-refractivity contribution in [2.75, 3.05) is 0 Å². The van der Waals surface area contributed by atoms with Gasteiger partial charge < -0.3 is 4.74 Å². The normalized spacial score (nSPS) is 13.3. The monoisotopic (exact) mass is 763 g/mol. The molecule has 0 N–H and O–H groups in total. The predicted molar refractivity (Wildman–Crippen MR) is 244 cm³/mol. The molecule has 0 bridgehead atoms. The third kappa shape index (κ3) is 4.59. The second-order valence-corrected chi connectivity index (χ2v) is 15.8. The maximum atomic E-state index is 7.20. The van der Waals surface area contributed by atoms with E-state index < -0.39 is 5.41 Å². The molecule has 13 rings (SSSR count). The maximum Gasteiger partial charge on any atom is 0.140 e. The van der Waals surface area contributed by atoms with E-state index in [4.69, 9.17) is 19.7 Å². The number of nitrogens with zero attached hydrogens (tertiary/aromatic N) is 3. The highest BCUT2D eigenvalue weighted by Gasteiger charge is 2.51. The van der Waals surface area contributed by atoms with Crippen molar-refractivity contribution in [2.45, 2.75) is 5.41 Å². The third-order valence-corrected chi connectivity index (χ3v) is 12.7. The number of pyridine rings is 3. The summed E-state index contributed by atoms with van der Waals surface area (Å²) in [6.07, 6.45) is 0. The molecule has 3 aromatic heterocycles. The fourth-order valence-corrected chi connectivity index (χ4v) is 10.1. The van der Waals surface area contributed by atoms with Gasteiger partial charge in [-0.2, -0.15) is 0 Å². The van der Waals surface area contributed by atoms with Gasteiger partial charge in [0.15, 0.2) is 0 Å². The van der Waals surface area contributed by atoms with Crippen LogP contribution in [0.2, 0.25) is 0 Å². The Morgan fingerprint density at radius 1 is 0.383 bits per heavy atom. The Bertz CT molecular complexity index is 3530. The molecule has 8 aromatic carbocycles. The summed E-state index contributed by atoms with van der Waals surface area (Å²) in [5.74, 6) is 1.73. The molecule has 0 saturated heterocycles. The molecule has 2 aliphatic rings. The van der Waals surface area contributed by atoms with Crippen LogP contribution in [0.1, 0.15) is 22.3 Å². The summed E-state index contributed by atoms with van der Waals surface area (Å²) in [6.45, 7) is 0. The van der Waals surface area contributed by atoms with E-state index >= 15 is 0 Å². The zero-order chi connectivity index (χ0) is 39.4. The van der Waals surface area contributed by atoms with Gasteiger partial charge in [-0.3, -0.25) is 0 Å². The largest absolute Gasteiger partial charge is 0.456 e. The second-order valence-electron chi connectivity index (χ2n) is 15.8. The summed E-state index contributed by atoms with van der Waals surface area (Å²) in [6, 6.07) is 71.1. The van der Waals surface area contributed by atoms with Gasteiger partial charge in [0, 0.05) is 54.7 Å². The summed E-state index contributed by atoms with van der Waals surface area (Å²) >= 11 is 0. The molecule has 4 heterocycles. The van der Waals surface area contributed by atoms with Crippen molar-refractivity contribution in [1.29, 1.82) is 0 Å². The number of ether oxygens (including phenoxy) is 1. The van der Waals surface area contributed by atoms with Gasteiger partial charge in [0.05, 0.1) is 39.0 Å². The Morgan fingerprint density at radius 2 is 0.933 bits per heavy atom. The molecule has 4 heteroatoms. The van der Waals surface area contributed by atoms with E-state index in [0.717, 1.165) is 99.9 Å². The number of hydrogen-bond donors (Lipinski definition) is 0. The molecule has 0 saturated carbocycles. The van der Waals surface area contributed by atoms with Gasteiger partial charge in [0.25, 0.3) is 0 Å². The highest BCUT2D eigenvalue weighted by Crippen LogP contribution is 2.63. The smallest absolute Gasteiger partial charge is 0.140 e. The molecular weight excluding hydrogens is 731 g/mol. The fraction of sp³-hybridized carbons (Fsp3) is 0.0179. The lowest BCUT2D eigenvalue weighted by molar-refractivity contribution is 0.442. The van der Waals surface area contributed by atoms with Crippen molar-refractivity contribution in [3.05, 3.63) is 222 Å². The molecule has 11 aromatic rings. The van der Waals surface area contributed by atoms with Crippen LogP contribution in [0.5, 0.6) is 11.5 Å². The Hall–Kier alpha value is -7.95. The average molecular weight is 764 g/mol. The molecule has 0 amide bonds. The summed E-state index contributed by atoms with van der Waals surface area (Å²) < 4.78 is 7.20. The second kappa shape index (κ2) is 12.5. The molecule has 1 aliphatic heterocycles. The minimum Gasteiger partial charge on any atom is -0.456 e. The predicted octanol–water partition coefficient (Wildman–Crippen LogP) is 14.0. The molecule has 278 valence electrons. The van der Waals surface area contributed by atoms with Crippen LogP contribution >= 0.6 is 0 Å². The zero-order valence-electron chi connectivity index (χ0n) is 32.3. The number of benzene rings is 8. The summed E-state index contributed by atoms with van der Waals surface area (Å²) in [7, 11) is 0. The molecule has 1 spiro atoms. The minimum absolute atomic E-state index is 0.569. The van der Waals surface area contributed by atoms with E-state index in [2.05, 4.69) is 182 Å². The van der Waals surface area contributed by atoms with Gasteiger partial charge >= 0.3 is 0 Å². The SMILES string of the molecule is c1ccc(-c2ccc3ccc4ccc(-c5ccc6c(c5)nc(-c5ccccc5)c5ccc7c(c56)Oc5ccccc5C75c6ccccc6-c6ccccc65)nc4c3n2)cc1. The van der Waals surface area contributed by atoms with E-state index in [-0.39, 0.29) is 0 Å². The zero-order valence-corrected chi connectivity index (χ0v) is 32.3. The average Bonchev–Trinajstić information content (AvgIpc) is 3.61. The minimum atomic E-state index is -0.569. The van der Waals surface area contributed by atoms with Gasteiger partial charge in [0.2, 0.25) is 0 Å². The van der Waals surface area contributed by atoms with Crippen LogP contribution in [0, 0.1) is 0 Å². The van der Waals surface area contributed by atoms with Crippen LogP contribution in [-0.4, -0.2) is 15.0 Å². The molecule has 0 atom stereocenters. The van der Waals surface area contributed by atoms with E-state index in [1.54, 1.807) is 0 Å². The van der Waals surface area contributed by atoms with Crippen LogP contribution in [0.3, 0.4) is 0 Å². The Labute approximate surface area is 346 Å². The van der Waals surface area contributed by atoms with Crippen molar-refractivity contribution < 1.29 is 4.74 Å². The first-order valence-electron chi connectivity index (χ1n) is 20.4. The molecule has 0 fully saturated rings. The van der Waals surface area contributed by atoms with Gasteiger partial charge in [-0.05, 0) is 46.5 Å². The topological polar surface area (TPSA) is 47.9 Å². The highest BCUT2D eigenvalue weighted by atomic mass is 16.5. The molecule has 0 unspecified atom stereocenters. The summed E-state index contributed by atoms with van der Waals surface area (Å²) in [5.41, 5.74) is 15.2. The fourth-order valence-electron chi connectivity index (χ4n) is 10.1. The van der Waals surface area contributed by atoms with E-state index in [1.165, 1.54) is 22.3 Å². The van der Waals surface area contributed by atoms with Crippen molar-refractivity contribution in [2.24, 2.45) is 0 Å². The standard InChI is InChI=1S/C56H33N3O/c1-3-13-34(14-4-1)47-31-26-36-23-24-37-27-32-48(58-54(37)53(36)57-47)38-25-28-41-49(33-38)59-52(35-15-5-2-6-16-35)42-29-30-46-55(51(41)42)60-50-22-12-11-21-45(50)56(46)43-19-9-7-17-39(43)40-18-8-10-20-44(40)56/h1-33H. The molecule has 60 heavy (non-hydrogen) atoms. The summed E-state index contributed by atoms with van der Waals surface area (Å²) in [5, 5.41) is 5.23. The molecule has 1 aliphatic carbocycles. The van der Waals surface area contributed by atoms with Crippen molar-refractivity contribution in [3.8, 4) is 56.4 Å². The molecule has 0 radical (unpaired) electrons. The molecule has 4 nitrogen and oxygen atoms in total. The first-order valence-corrected chi connectivity index (χ1v) is 20.4. The van der Waals surface area contributed by atoms with Gasteiger partial charge in [0.1, 0.15) is 11.5 Å². The molecular formula is C56H33N3O. The van der Waals surface area contributed by atoms with E-state index in [0.29, 0.717) is 0 Å².